The molecular weight excluding hydrogens is 440 g/mol. The molecule has 3 aliphatic rings. The molecule has 3 N–H and O–H groups in total. The Morgan fingerprint density at radius 1 is 1.18 bits per heavy atom. The Morgan fingerprint density at radius 2 is 1.91 bits per heavy atom. The summed E-state index contributed by atoms with van der Waals surface area (Å²) in [5.74, 6) is 1.07. The van der Waals surface area contributed by atoms with Crippen LogP contribution in [0.2, 0.25) is 0 Å². The van der Waals surface area contributed by atoms with Crippen LogP contribution in [0.3, 0.4) is 0 Å². The van der Waals surface area contributed by atoms with Crippen molar-refractivity contribution in [2.24, 2.45) is 0 Å². The van der Waals surface area contributed by atoms with Gasteiger partial charge in [-0.2, -0.15) is 9.61 Å². The van der Waals surface area contributed by atoms with Gasteiger partial charge in [-0.15, -0.1) is 0 Å². The van der Waals surface area contributed by atoms with Crippen molar-refractivity contribution in [1.29, 1.82) is 0 Å². The minimum atomic E-state index is -0.555. The van der Waals surface area contributed by atoms with Crippen LogP contribution in [0.5, 0.6) is 0 Å². The van der Waals surface area contributed by atoms with Crippen LogP contribution in [-0.4, -0.2) is 75.4 Å². The number of urea groups is 1. The first-order chi connectivity index (χ1) is 16.2. The van der Waals surface area contributed by atoms with Crippen molar-refractivity contribution in [2.45, 2.75) is 45.3 Å². The average Bonchev–Trinajstić information content (AvgIpc) is 3.40. The van der Waals surface area contributed by atoms with Gasteiger partial charge in [-0.25, -0.2) is 14.6 Å². The molecule has 4 heterocycles. The van der Waals surface area contributed by atoms with Crippen molar-refractivity contribution in [1.82, 2.24) is 30.1 Å². The highest BCUT2D eigenvalue weighted by molar-refractivity contribution is 6.14. The minimum Gasteiger partial charge on any atom is -0.444 e. The molecule has 0 unspecified atom stereocenters. The molecule has 12 nitrogen and oxygen atoms in total. The number of anilines is 2. The number of ether oxygens (including phenoxy) is 1. The topological polar surface area (TPSA) is 133 Å². The standard InChI is InChI=1S/C22H28N8O4/c1-22(2,3)34-21(33)29-8-6-28(7-9-29)16-11-17(24-14-4-5-14)30-18(26-16)13(12-23-30)10-15-19(31)27-20(32)25-15/h10-12,14,24H,4-9H2,1-3H3,(H2,25,27,31,32). The second-order valence-corrected chi connectivity index (χ2v) is 9.67. The van der Waals surface area contributed by atoms with Crippen LogP contribution in [0.25, 0.3) is 11.7 Å². The Morgan fingerprint density at radius 3 is 2.53 bits per heavy atom. The number of amides is 4. The normalized spacial score (nSPS) is 20.0. The largest absolute Gasteiger partial charge is 0.444 e. The molecule has 0 bridgehead atoms. The van der Waals surface area contributed by atoms with E-state index in [2.05, 4.69) is 25.9 Å². The molecule has 0 spiro atoms. The molecule has 0 aromatic carbocycles. The summed E-state index contributed by atoms with van der Waals surface area (Å²) in [5.41, 5.74) is 0.791. The highest BCUT2D eigenvalue weighted by Crippen LogP contribution is 2.29. The zero-order valence-electron chi connectivity index (χ0n) is 19.4. The Labute approximate surface area is 196 Å². The average molecular weight is 469 g/mol. The zero-order valence-corrected chi connectivity index (χ0v) is 19.4. The highest BCUT2D eigenvalue weighted by Gasteiger charge is 2.29. The Bertz CT molecular complexity index is 1190. The number of carbonyl (C=O) groups is 3. The SMILES string of the molecule is CC(C)(C)OC(=O)N1CCN(c2cc(NC3CC3)n3ncc(C=C4NC(=O)NC4=O)c3n2)CC1. The van der Waals surface area contributed by atoms with E-state index in [-0.39, 0.29) is 11.8 Å². The van der Waals surface area contributed by atoms with Gasteiger partial charge in [0.1, 0.15) is 22.9 Å². The van der Waals surface area contributed by atoms with Crippen molar-refractivity contribution in [2.75, 3.05) is 36.4 Å². The lowest BCUT2D eigenvalue weighted by molar-refractivity contribution is -0.115. The molecule has 180 valence electrons. The molecule has 2 aromatic heterocycles. The fourth-order valence-corrected chi connectivity index (χ4v) is 3.85. The molecule has 34 heavy (non-hydrogen) atoms. The van der Waals surface area contributed by atoms with Crippen LogP contribution in [0, 0.1) is 0 Å². The van der Waals surface area contributed by atoms with Gasteiger partial charge in [0.25, 0.3) is 5.91 Å². The van der Waals surface area contributed by atoms with Crippen LogP contribution in [0.4, 0.5) is 21.2 Å². The number of piperazine rings is 1. The molecule has 2 aromatic rings. The summed E-state index contributed by atoms with van der Waals surface area (Å²) in [5, 5.41) is 12.6. The molecule has 0 atom stereocenters. The molecule has 5 rings (SSSR count). The predicted molar refractivity (Wildman–Crippen MR) is 124 cm³/mol. The van der Waals surface area contributed by atoms with Gasteiger partial charge >= 0.3 is 12.1 Å². The number of carbonyl (C=O) groups excluding carboxylic acids is 3. The number of nitrogens with zero attached hydrogens (tertiary/aromatic N) is 5. The fourth-order valence-electron chi connectivity index (χ4n) is 3.85. The zero-order chi connectivity index (χ0) is 24.0. The highest BCUT2D eigenvalue weighted by atomic mass is 16.6. The van der Waals surface area contributed by atoms with Gasteiger partial charge in [0.2, 0.25) is 0 Å². The first-order valence-corrected chi connectivity index (χ1v) is 11.4. The molecule has 1 aliphatic carbocycles. The van der Waals surface area contributed by atoms with E-state index in [9.17, 15) is 14.4 Å². The lowest BCUT2D eigenvalue weighted by Gasteiger charge is -2.36. The Balaban J connectivity index is 1.41. The second-order valence-electron chi connectivity index (χ2n) is 9.67. The smallest absolute Gasteiger partial charge is 0.410 e. The summed E-state index contributed by atoms with van der Waals surface area (Å²) in [4.78, 5) is 44.5. The molecule has 2 saturated heterocycles. The molecule has 12 heteroatoms. The van der Waals surface area contributed by atoms with E-state index in [4.69, 9.17) is 9.72 Å². The quantitative estimate of drug-likeness (QED) is 0.455. The van der Waals surface area contributed by atoms with E-state index in [0.717, 1.165) is 24.5 Å². The lowest BCUT2D eigenvalue weighted by Crippen LogP contribution is -2.50. The van der Waals surface area contributed by atoms with Crippen LogP contribution >= 0.6 is 0 Å². The summed E-state index contributed by atoms with van der Waals surface area (Å²) in [6.45, 7) is 7.82. The van der Waals surface area contributed by atoms with Crippen molar-refractivity contribution in [3.05, 3.63) is 23.5 Å². The molecule has 2 aliphatic heterocycles. The molecule has 3 fully saturated rings. The van der Waals surface area contributed by atoms with Gasteiger partial charge in [0.15, 0.2) is 5.65 Å². The molecule has 0 radical (unpaired) electrons. The van der Waals surface area contributed by atoms with E-state index in [1.165, 1.54) is 0 Å². The summed E-state index contributed by atoms with van der Waals surface area (Å²) in [6, 6.07) is 1.80. The van der Waals surface area contributed by atoms with E-state index in [0.29, 0.717) is 43.4 Å². The summed E-state index contributed by atoms with van der Waals surface area (Å²) in [6.07, 6.45) is 5.07. The number of fused-ring (bicyclic) bond motifs is 1. The first-order valence-electron chi connectivity index (χ1n) is 11.4. The number of rotatable bonds is 4. The summed E-state index contributed by atoms with van der Waals surface area (Å²) >= 11 is 0. The minimum absolute atomic E-state index is 0.148. The molecular formula is C22H28N8O4. The van der Waals surface area contributed by atoms with Crippen LogP contribution in [0.15, 0.2) is 18.0 Å². The van der Waals surface area contributed by atoms with Crippen LogP contribution < -0.4 is 20.9 Å². The number of hydrogen-bond donors (Lipinski definition) is 3. The molecule has 4 amide bonds. The van der Waals surface area contributed by atoms with Crippen LogP contribution in [0.1, 0.15) is 39.2 Å². The monoisotopic (exact) mass is 468 g/mol. The third-order valence-corrected chi connectivity index (χ3v) is 5.69. The number of imide groups is 1. The maximum absolute atomic E-state index is 12.4. The number of nitrogens with one attached hydrogen (secondary N) is 3. The van der Waals surface area contributed by atoms with Gasteiger partial charge in [-0.05, 0) is 39.7 Å². The van der Waals surface area contributed by atoms with Gasteiger partial charge in [0, 0.05) is 43.9 Å². The third kappa shape index (κ3) is 4.61. The molecule has 1 saturated carbocycles. The summed E-state index contributed by atoms with van der Waals surface area (Å²) < 4.78 is 7.20. The van der Waals surface area contributed by atoms with Crippen LogP contribution in [-0.2, 0) is 9.53 Å². The van der Waals surface area contributed by atoms with Crippen molar-refractivity contribution in [3.63, 3.8) is 0 Å². The van der Waals surface area contributed by atoms with E-state index in [1.54, 1.807) is 21.7 Å². The van der Waals surface area contributed by atoms with E-state index < -0.39 is 17.5 Å². The van der Waals surface area contributed by atoms with Gasteiger partial charge in [-0.3, -0.25) is 10.1 Å². The van der Waals surface area contributed by atoms with E-state index >= 15 is 0 Å². The van der Waals surface area contributed by atoms with Gasteiger partial charge in [-0.1, -0.05) is 0 Å². The maximum atomic E-state index is 12.4. The third-order valence-electron chi connectivity index (χ3n) is 5.69. The Hall–Kier alpha value is -3.83. The van der Waals surface area contributed by atoms with Crippen molar-refractivity contribution in [3.8, 4) is 0 Å². The fraction of sp³-hybridized carbons (Fsp3) is 0.500. The van der Waals surface area contributed by atoms with Gasteiger partial charge < -0.3 is 25.2 Å². The predicted octanol–water partition coefficient (Wildman–Crippen LogP) is 1.54. The van der Waals surface area contributed by atoms with Crippen molar-refractivity contribution < 1.29 is 19.1 Å². The van der Waals surface area contributed by atoms with Gasteiger partial charge in [0.05, 0.1) is 6.20 Å². The second kappa shape index (κ2) is 8.19. The van der Waals surface area contributed by atoms with Crippen molar-refractivity contribution >= 4 is 41.4 Å². The number of aromatic nitrogens is 3. The van der Waals surface area contributed by atoms with E-state index in [1.807, 2.05) is 26.8 Å². The lowest BCUT2D eigenvalue weighted by atomic mass is 10.2. The summed E-state index contributed by atoms with van der Waals surface area (Å²) in [7, 11) is 0. The maximum Gasteiger partial charge on any atom is 0.410 e. The Kier molecular flexibility index (Phi) is 5.29. The number of hydrogen-bond acceptors (Lipinski definition) is 8. The first kappa shape index (κ1) is 22.0.